The van der Waals surface area contributed by atoms with Crippen LogP contribution in [-0.4, -0.2) is 26.7 Å². The molecule has 0 rings (SSSR count). The number of unbranched alkanes of at least 4 members (excludes halogenated alkanes) is 1. The van der Waals surface area contributed by atoms with Crippen LogP contribution in [0.3, 0.4) is 0 Å². The van der Waals surface area contributed by atoms with Gasteiger partial charge in [0, 0.05) is 19.0 Å². The van der Waals surface area contributed by atoms with Gasteiger partial charge in [-0.2, -0.15) is 0 Å². The second-order valence-corrected chi connectivity index (χ2v) is 2.53. The zero-order chi connectivity index (χ0) is 7.82. The van der Waals surface area contributed by atoms with Crippen LogP contribution in [0.2, 0.25) is 0 Å². The summed E-state index contributed by atoms with van der Waals surface area (Å²) in [6.07, 6.45) is 4.64. The fourth-order valence-electron chi connectivity index (χ4n) is 0.963. The number of likely N-dealkylation sites (N-methyl/N-ethyl adjacent to an activating group) is 2. The van der Waals surface area contributed by atoms with Crippen molar-refractivity contribution in [3.05, 3.63) is 6.42 Å². The van der Waals surface area contributed by atoms with Crippen molar-refractivity contribution in [3.8, 4) is 0 Å². The Morgan fingerprint density at radius 2 is 2.10 bits per heavy atom. The lowest BCUT2D eigenvalue weighted by Crippen LogP contribution is -2.34. The van der Waals surface area contributed by atoms with E-state index in [4.69, 9.17) is 0 Å². The Morgan fingerprint density at radius 3 is 2.50 bits per heavy atom. The summed E-state index contributed by atoms with van der Waals surface area (Å²) in [6, 6.07) is 0.626. The van der Waals surface area contributed by atoms with Crippen LogP contribution in [0.4, 0.5) is 0 Å². The van der Waals surface area contributed by atoms with Gasteiger partial charge in [-0.25, -0.2) is 0 Å². The van der Waals surface area contributed by atoms with E-state index < -0.39 is 0 Å². The molecule has 0 amide bonds. The molecule has 1 atom stereocenters. The van der Waals surface area contributed by atoms with Gasteiger partial charge in [-0.15, -0.1) is 0 Å². The van der Waals surface area contributed by atoms with Crippen molar-refractivity contribution in [1.82, 2.24) is 10.6 Å². The van der Waals surface area contributed by atoms with Crippen molar-refractivity contribution in [2.24, 2.45) is 0 Å². The molecule has 0 saturated heterocycles. The van der Waals surface area contributed by atoms with Crippen LogP contribution in [0.1, 0.15) is 19.8 Å². The largest absolute Gasteiger partial charge is 0.318 e. The number of nitrogens with one attached hydrogen (secondary N) is 2. The summed E-state index contributed by atoms with van der Waals surface area (Å²) in [6.45, 7) is 3.16. The van der Waals surface area contributed by atoms with E-state index in [9.17, 15) is 0 Å². The van der Waals surface area contributed by atoms with Gasteiger partial charge in [-0.1, -0.05) is 0 Å². The summed E-state index contributed by atoms with van der Waals surface area (Å²) in [5.41, 5.74) is 0. The first-order valence-electron chi connectivity index (χ1n) is 3.94. The maximum atomic E-state index is 3.26. The first-order valence-corrected chi connectivity index (χ1v) is 3.94. The minimum atomic E-state index is 0.626. The lowest BCUT2D eigenvalue weighted by atomic mass is 10.1. The molecular weight excluding hydrogens is 124 g/mol. The normalized spacial score (nSPS) is 13.1. The zero-order valence-corrected chi connectivity index (χ0v) is 7.28. The van der Waals surface area contributed by atoms with Gasteiger partial charge in [0.05, 0.1) is 19.8 Å². The molecule has 0 aromatic carbocycles. The summed E-state index contributed by atoms with van der Waals surface area (Å²) in [7, 11) is 4.00. The quantitative estimate of drug-likeness (QED) is 0.537. The third-order valence-corrected chi connectivity index (χ3v) is 1.66. The molecule has 0 saturated carbocycles. The van der Waals surface area contributed by atoms with E-state index in [-0.39, 0.29) is 0 Å². The Labute approximate surface area is 64.4 Å². The summed E-state index contributed by atoms with van der Waals surface area (Å²) in [5, 5.41) is 6.41. The molecule has 60 valence electrons. The number of hydrogen-bond acceptors (Lipinski definition) is 2. The average Bonchev–Trinajstić information content (AvgIpc) is 1.98. The third kappa shape index (κ3) is 4.65. The number of rotatable bonds is 6. The van der Waals surface area contributed by atoms with E-state index in [1.807, 2.05) is 14.1 Å². The fourth-order valence-corrected chi connectivity index (χ4v) is 0.963. The number of hydrogen-bond donors (Lipinski definition) is 2. The molecule has 0 bridgehead atoms. The van der Waals surface area contributed by atoms with Crippen LogP contribution >= 0.6 is 0 Å². The van der Waals surface area contributed by atoms with E-state index in [1.165, 1.54) is 12.8 Å². The average molecular weight is 143 g/mol. The lowest BCUT2D eigenvalue weighted by molar-refractivity contribution is 0.498. The van der Waals surface area contributed by atoms with E-state index in [0.29, 0.717) is 6.04 Å². The molecule has 0 spiro atoms. The molecule has 0 fully saturated rings. The van der Waals surface area contributed by atoms with Gasteiger partial charge in [-0.05, 0) is 14.1 Å². The molecule has 2 nitrogen and oxygen atoms in total. The Bertz CT molecular complexity index is 64.3. The molecule has 0 aliphatic heterocycles. The predicted molar refractivity (Wildman–Crippen MR) is 46.0 cm³/mol. The van der Waals surface area contributed by atoms with Gasteiger partial charge in [0.2, 0.25) is 0 Å². The minimum Gasteiger partial charge on any atom is -0.318 e. The topological polar surface area (TPSA) is 24.1 Å². The molecule has 2 N–H and O–H groups in total. The molecule has 0 heterocycles. The van der Waals surface area contributed by atoms with E-state index in [2.05, 4.69) is 24.0 Å². The predicted octanol–water partition coefficient (Wildman–Crippen LogP) is 0.798. The first-order chi connectivity index (χ1) is 4.85. The molecule has 0 aromatic heterocycles. The van der Waals surface area contributed by atoms with E-state index >= 15 is 0 Å². The Hall–Kier alpha value is -0.210. The van der Waals surface area contributed by atoms with Crippen LogP contribution in [0, 0.1) is 6.42 Å². The molecular formula is C8H19N2+. The molecule has 0 aromatic rings. The maximum absolute atomic E-state index is 3.26. The van der Waals surface area contributed by atoms with Gasteiger partial charge in [0.1, 0.15) is 0 Å². The van der Waals surface area contributed by atoms with Crippen LogP contribution in [0.15, 0.2) is 0 Å². The Kier molecular flexibility index (Phi) is 6.76. The van der Waals surface area contributed by atoms with Crippen molar-refractivity contribution in [1.29, 1.82) is 0 Å². The van der Waals surface area contributed by atoms with Gasteiger partial charge < -0.3 is 10.6 Å². The zero-order valence-electron chi connectivity index (χ0n) is 7.28. The van der Waals surface area contributed by atoms with Crippen LogP contribution in [0.25, 0.3) is 0 Å². The second-order valence-electron chi connectivity index (χ2n) is 2.53. The minimum absolute atomic E-state index is 0.626. The third-order valence-electron chi connectivity index (χ3n) is 1.66. The maximum Gasteiger partial charge on any atom is 0.0887 e. The van der Waals surface area contributed by atoms with Gasteiger partial charge in [0.15, 0.2) is 0 Å². The fraction of sp³-hybridized carbons (Fsp3) is 0.875. The molecule has 1 unspecified atom stereocenters. The summed E-state index contributed by atoms with van der Waals surface area (Å²) in [5.74, 6) is 0. The van der Waals surface area contributed by atoms with Crippen LogP contribution in [0.5, 0.6) is 0 Å². The van der Waals surface area contributed by atoms with Gasteiger partial charge >= 0.3 is 0 Å². The molecule has 0 aliphatic carbocycles. The highest BCUT2D eigenvalue weighted by Crippen LogP contribution is 1.97. The van der Waals surface area contributed by atoms with Gasteiger partial charge in [-0.3, -0.25) is 0 Å². The monoisotopic (exact) mass is 143 g/mol. The van der Waals surface area contributed by atoms with Crippen molar-refractivity contribution < 1.29 is 0 Å². The van der Waals surface area contributed by atoms with Crippen LogP contribution in [-0.2, 0) is 0 Å². The summed E-state index contributed by atoms with van der Waals surface area (Å²) in [4.78, 5) is 0. The summed E-state index contributed by atoms with van der Waals surface area (Å²) < 4.78 is 0. The van der Waals surface area contributed by atoms with Crippen molar-refractivity contribution in [3.63, 3.8) is 0 Å². The SMILES string of the molecule is C[CH+]CCC(CNC)NC. The van der Waals surface area contributed by atoms with Crippen LogP contribution < -0.4 is 10.6 Å². The first kappa shape index (κ1) is 9.79. The Morgan fingerprint density at radius 1 is 1.40 bits per heavy atom. The van der Waals surface area contributed by atoms with Gasteiger partial charge in [0.25, 0.3) is 0 Å². The van der Waals surface area contributed by atoms with Crippen molar-refractivity contribution in [2.45, 2.75) is 25.8 Å². The smallest absolute Gasteiger partial charge is 0.0887 e. The molecule has 2 heteroatoms. The lowest BCUT2D eigenvalue weighted by Gasteiger charge is -2.12. The molecule has 0 aliphatic rings. The van der Waals surface area contributed by atoms with E-state index in [1.54, 1.807) is 0 Å². The standard InChI is InChI=1S/C8H19N2/c1-4-5-6-8(10-3)7-9-2/h4,8-10H,5-7H2,1-3H3/q+1. The van der Waals surface area contributed by atoms with Crippen molar-refractivity contribution in [2.75, 3.05) is 20.6 Å². The van der Waals surface area contributed by atoms with Crippen molar-refractivity contribution >= 4 is 0 Å². The molecule has 0 radical (unpaired) electrons. The Balaban J connectivity index is 3.21. The second kappa shape index (κ2) is 6.90. The van der Waals surface area contributed by atoms with E-state index in [0.717, 1.165) is 6.54 Å². The highest BCUT2D eigenvalue weighted by atomic mass is 14.9. The molecule has 10 heavy (non-hydrogen) atoms. The summed E-state index contributed by atoms with van der Waals surface area (Å²) >= 11 is 0. The highest BCUT2D eigenvalue weighted by molar-refractivity contribution is 4.69. The highest BCUT2D eigenvalue weighted by Gasteiger charge is 2.04.